The molecule has 2 aliphatic rings. The molecule has 11 nitrogen and oxygen atoms in total. The molecule has 2 saturated heterocycles. The zero-order valence-electron chi connectivity index (χ0n) is 16.6. The van der Waals surface area contributed by atoms with E-state index in [0.29, 0.717) is 37.0 Å². The smallest absolute Gasteiger partial charge is 0.360 e. The van der Waals surface area contributed by atoms with E-state index in [9.17, 15) is 14.4 Å². The number of hydrogen-bond donors (Lipinski definition) is 1. The summed E-state index contributed by atoms with van der Waals surface area (Å²) < 4.78 is 6.29. The van der Waals surface area contributed by atoms with Crippen molar-refractivity contribution in [1.29, 1.82) is 0 Å². The van der Waals surface area contributed by atoms with Gasteiger partial charge in [-0.15, -0.1) is 16.4 Å². The first-order valence-corrected chi connectivity index (χ1v) is 10.7. The number of piperidine rings is 1. The van der Waals surface area contributed by atoms with Crippen LogP contribution in [0.25, 0.3) is 0 Å². The number of aromatic nitrogens is 4. The Morgan fingerprint density at radius 3 is 3.00 bits per heavy atom. The number of carbonyl (C=O) groups excluding carboxylic acids is 3. The highest BCUT2D eigenvalue weighted by molar-refractivity contribution is 7.14. The molecule has 4 heterocycles. The molecule has 0 radical (unpaired) electrons. The van der Waals surface area contributed by atoms with E-state index in [-0.39, 0.29) is 30.1 Å². The Kier molecular flexibility index (Phi) is 5.93. The van der Waals surface area contributed by atoms with E-state index in [0.717, 1.165) is 19.3 Å². The molecule has 0 aliphatic carbocycles. The topological polar surface area (TPSA) is 123 Å². The number of carbonyl (C=O) groups is 3. The first-order chi connectivity index (χ1) is 14.5. The fourth-order valence-electron chi connectivity index (χ4n) is 3.63. The van der Waals surface area contributed by atoms with E-state index >= 15 is 0 Å². The monoisotopic (exact) mass is 433 g/mol. The fraction of sp³-hybridized carbons (Fsp3) is 0.556. The van der Waals surface area contributed by atoms with E-state index in [4.69, 9.17) is 0 Å². The van der Waals surface area contributed by atoms with Gasteiger partial charge in [0, 0.05) is 31.6 Å². The van der Waals surface area contributed by atoms with Gasteiger partial charge in [-0.1, -0.05) is 5.21 Å². The lowest BCUT2D eigenvalue weighted by Crippen LogP contribution is -2.46. The van der Waals surface area contributed by atoms with Crippen molar-refractivity contribution >= 4 is 34.4 Å². The second-order valence-electron chi connectivity index (χ2n) is 7.25. The standard InChI is InChI=1S/C18H23N7O4S/c1-29-16(27)14-10-25(22-21-14)13-4-2-6-23(9-13)15(26)8-12-11-30-18(20-12)24-7-3-5-19-17(24)28/h10-11,13H,2-9H2,1H3,(H,19,28)/t13-/m1/s1. The number of likely N-dealkylation sites (tertiary alicyclic amines) is 1. The van der Waals surface area contributed by atoms with Crippen molar-refractivity contribution in [2.24, 2.45) is 0 Å². The first kappa shape index (κ1) is 20.3. The Labute approximate surface area is 177 Å². The minimum atomic E-state index is -0.535. The number of methoxy groups -OCH3 is 1. The van der Waals surface area contributed by atoms with E-state index < -0.39 is 5.97 Å². The Bertz CT molecular complexity index is 943. The number of nitrogens with one attached hydrogen (secondary N) is 1. The van der Waals surface area contributed by atoms with Crippen molar-refractivity contribution in [3.8, 4) is 0 Å². The summed E-state index contributed by atoms with van der Waals surface area (Å²) in [7, 11) is 1.30. The Hall–Kier alpha value is -3.02. The second kappa shape index (κ2) is 8.78. The van der Waals surface area contributed by atoms with Crippen LogP contribution in [0.3, 0.4) is 0 Å². The number of rotatable bonds is 5. The number of ether oxygens (including phenoxy) is 1. The average Bonchev–Trinajstić information content (AvgIpc) is 3.44. The molecule has 4 rings (SSSR count). The number of amides is 3. The first-order valence-electron chi connectivity index (χ1n) is 9.83. The lowest BCUT2D eigenvalue weighted by atomic mass is 10.1. The lowest BCUT2D eigenvalue weighted by Gasteiger charge is -2.32. The Balaban J connectivity index is 1.37. The minimum absolute atomic E-state index is 0.0204. The quantitative estimate of drug-likeness (QED) is 0.694. The van der Waals surface area contributed by atoms with Gasteiger partial charge in [-0.2, -0.15) is 0 Å². The van der Waals surface area contributed by atoms with E-state index in [1.54, 1.807) is 20.7 Å². The zero-order chi connectivity index (χ0) is 21.1. The summed E-state index contributed by atoms with van der Waals surface area (Å²) in [5, 5.41) is 13.1. The van der Waals surface area contributed by atoms with Crippen LogP contribution in [0.4, 0.5) is 9.93 Å². The summed E-state index contributed by atoms with van der Waals surface area (Å²) >= 11 is 1.37. The number of anilines is 1. The van der Waals surface area contributed by atoms with E-state index in [2.05, 4.69) is 25.3 Å². The molecule has 2 aliphatic heterocycles. The van der Waals surface area contributed by atoms with Crippen LogP contribution in [-0.2, 0) is 16.0 Å². The molecule has 3 amide bonds. The van der Waals surface area contributed by atoms with Crippen molar-refractivity contribution in [2.45, 2.75) is 31.7 Å². The number of nitrogens with zero attached hydrogens (tertiary/aromatic N) is 6. The van der Waals surface area contributed by atoms with Gasteiger partial charge in [-0.25, -0.2) is 19.3 Å². The molecule has 0 aromatic carbocycles. The van der Waals surface area contributed by atoms with Gasteiger partial charge in [0.05, 0.1) is 31.5 Å². The summed E-state index contributed by atoms with van der Waals surface area (Å²) in [6, 6.07) is -0.192. The number of esters is 1. The van der Waals surface area contributed by atoms with Gasteiger partial charge in [0.15, 0.2) is 10.8 Å². The molecular formula is C18H23N7O4S. The molecule has 12 heteroatoms. The van der Waals surface area contributed by atoms with Gasteiger partial charge in [0.2, 0.25) is 5.91 Å². The Morgan fingerprint density at radius 1 is 1.33 bits per heavy atom. The van der Waals surface area contributed by atoms with Crippen LogP contribution < -0.4 is 10.2 Å². The van der Waals surface area contributed by atoms with Gasteiger partial charge >= 0.3 is 12.0 Å². The van der Waals surface area contributed by atoms with Gasteiger partial charge < -0.3 is 15.0 Å². The molecule has 2 aromatic heterocycles. The zero-order valence-corrected chi connectivity index (χ0v) is 17.4. The van der Waals surface area contributed by atoms with Gasteiger partial charge in [0.1, 0.15) is 0 Å². The van der Waals surface area contributed by atoms with E-state index in [1.165, 1.54) is 18.4 Å². The maximum Gasteiger partial charge on any atom is 0.360 e. The SMILES string of the molecule is COC(=O)c1cn([C@@H]2CCCN(C(=O)Cc3csc(N4CCCNC4=O)n3)C2)nn1. The highest BCUT2D eigenvalue weighted by atomic mass is 32.1. The normalized spacial score (nSPS) is 19.5. The van der Waals surface area contributed by atoms with Crippen LogP contribution in [0.2, 0.25) is 0 Å². The van der Waals surface area contributed by atoms with Crippen LogP contribution >= 0.6 is 11.3 Å². The van der Waals surface area contributed by atoms with Crippen molar-refractivity contribution < 1.29 is 19.1 Å². The fourth-order valence-corrected chi connectivity index (χ4v) is 4.48. The van der Waals surface area contributed by atoms with Crippen molar-refractivity contribution in [2.75, 3.05) is 38.2 Å². The molecule has 1 atom stereocenters. The molecule has 0 saturated carbocycles. The third kappa shape index (κ3) is 4.27. The van der Waals surface area contributed by atoms with Gasteiger partial charge in [0.25, 0.3) is 0 Å². The lowest BCUT2D eigenvalue weighted by molar-refractivity contribution is -0.132. The molecule has 1 N–H and O–H groups in total. The summed E-state index contributed by atoms with van der Waals surface area (Å²) in [5.74, 6) is -0.556. The predicted octanol–water partition coefficient (Wildman–Crippen LogP) is 0.847. The molecule has 0 bridgehead atoms. The third-order valence-corrected chi connectivity index (χ3v) is 6.12. The van der Waals surface area contributed by atoms with Crippen molar-refractivity contribution in [3.05, 3.63) is 23.0 Å². The second-order valence-corrected chi connectivity index (χ2v) is 8.08. The Morgan fingerprint density at radius 2 is 2.20 bits per heavy atom. The summed E-state index contributed by atoms with van der Waals surface area (Å²) in [4.78, 5) is 44.3. The van der Waals surface area contributed by atoms with Gasteiger partial charge in [-0.05, 0) is 19.3 Å². The molecule has 30 heavy (non-hydrogen) atoms. The molecule has 2 aromatic rings. The maximum atomic E-state index is 12.8. The number of hydrogen-bond acceptors (Lipinski definition) is 8. The van der Waals surface area contributed by atoms with Crippen LogP contribution in [-0.4, -0.2) is 76.1 Å². The van der Waals surface area contributed by atoms with Crippen LogP contribution in [0, 0.1) is 0 Å². The molecule has 160 valence electrons. The van der Waals surface area contributed by atoms with Crippen molar-refractivity contribution in [3.63, 3.8) is 0 Å². The summed E-state index contributed by atoms with van der Waals surface area (Å²) in [6.07, 6.45) is 4.29. The third-order valence-electron chi connectivity index (χ3n) is 5.21. The van der Waals surface area contributed by atoms with Gasteiger partial charge in [-0.3, -0.25) is 9.69 Å². The molecular weight excluding hydrogens is 410 g/mol. The number of thiazole rings is 1. The summed E-state index contributed by atoms with van der Waals surface area (Å²) in [5.41, 5.74) is 0.812. The molecule has 2 fully saturated rings. The maximum absolute atomic E-state index is 12.8. The van der Waals surface area contributed by atoms with Crippen LogP contribution in [0.5, 0.6) is 0 Å². The highest BCUT2D eigenvalue weighted by Crippen LogP contribution is 2.24. The molecule has 0 spiro atoms. The minimum Gasteiger partial charge on any atom is -0.464 e. The van der Waals surface area contributed by atoms with Crippen LogP contribution in [0.15, 0.2) is 11.6 Å². The number of urea groups is 1. The highest BCUT2D eigenvalue weighted by Gasteiger charge is 2.28. The van der Waals surface area contributed by atoms with E-state index in [1.807, 2.05) is 5.38 Å². The van der Waals surface area contributed by atoms with Crippen LogP contribution in [0.1, 0.15) is 41.5 Å². The predicted molar refractivity (Wildman–Crippen MR) is 107 cm³/mol. The van der Waals surface area contributed by atoms with Crippen molar-refractivity contribution in [1.82, 2.24) is 30.2 Å². The largest absolute Gasteiger partial charge is 0.464 e. The summed E-state index contributed by atoms with van der Waals surface area (Å²) in [6.45, 7) is 2.47. The molecule has 0 unspecified atom stereocenters. The average molecular weight is 433 g/mol.